The molecule has 99 valence electrons. The molecule has 1 atom stereocenters. The van der Waals surface area contributed by atoms with Crippen molar-refractivity contribution in [1.82, 2.24) is 0 Å². The molecular weight excluding hydrogens is 255 g/mol. The van der Waals surface area contributed by atoms with Gasteiger partial charge in [-0.05, 0) is 6.07 Å². The zero-order chi connectivity index (χ0) is 13.9. The van der Waals surface area contributed by atoms with Crippen LogP contribution >= 0.6 is 0 Å². The van der Waals surface area contributed by atoms with Gasteiger partial charge in [0.05, 0.1) is 11.0 Å². The normalized spacial score (nSPS) is 21.8. The molecule has 0 fully saturated rings. The van der Waals surface area contributed by atoms with E-state index in [2.05, 4.69) is 4.99 Å². The number of hydrogen-bond acceptors (Lipinski definition) is 4. The van der Waals surface area contributed by atoms with Gasteiger partial charge < -0.3 is 4.74 Å². The fourth-order valence-electron chi connectivity index (χ4n) is 1.59. The molecule has 0 amide bonds. The van der Waals surface area contributed by atoms with Crippen molar-refractivity contribution in [3.05, 3.63) is 45.8 Å². The van der Waals surface area contributed by atoms with Crippen LogP contribution in [0.4, 0.5) is 10.1 Å². The van der Waals surface area contributed by atoms with Crippen LogP contribution in [0.25, 0.3) is 6.08 Å². The van der Waals surface area contributed by atoms with E-state index in [4.69, 9.17) is 4.74 Å². The highest BCUT2D eigenvalue weighted by Gasteiger charge is 2.30. The molecule has 1 aliphatic heterocycles. The van der Waals surface area contributed by atoms with Gasteiger partial charge >= 0.3 is 0 Å². The topological polar surface area (TPSA) is 84.6 Å². The number of halogens is 1. The Kier molecular flexibility index (Phi) is 3.57. The second-order valence-electron chi connectivity index (χ2n) is 4.09. The molecule has 1 heterocycles. The maximum atomic E-state index is 13.6. The predicted octanol–water partition coefficient (Wildman–Crippen LogP) is 1.97. The molecule has 1 radical (unpaired) electrons. The number of nitrogens with zero attached hydrogens (tertiary/aromatic N) is 2. The fourth-order valence-corrected chi connectivity index (χ4v) is 1.59. The van der Waals surface area contributed by atoms with Crippen molar-refractivity contribution >= 4 is 18.2 Å². The summed E-state index contributed by atoms with van der Waals surface area (Å²) in [4.78, 5) is 13.7. The van der Waals surface area contributed by atoms with Crippen LogP contribution in [0, 0.1) is 15.9 Å². The summed E-state index contributed by atoms with van der Waals surface area (Å²) in [5.74, 6) is -0.727. The first-order valence-corrected chi connectivity index (χ1v) is 5.43. The minimum atomic E-state index is -1.02. The van der Waals surface area contributed by atoms with Gasteiger partial charge in [-0.3, -0.25) is 10.1 Å². The Hall–Kier alpha value is -2.28. The molecule has 1 aromatic carbocycles. The summed E-state index contributed by atoms with van der Waals surface area (Å²) in [6, 6.07) is 3.31. The molecule has 1 aromatic rings. The summed E-state index contributed by atoms with van der Waals surface area (Å²) >= 11 is 0. The summed E-state index contributed by atoms with van der Waals surface area (Å²) in [6.07, 6.45) is 4.02. The van der Waals surface area contributed by atoms with Gasteiger partial charge in [0.25, 0.3) is 5.69 Å². The molecule has 0 N–H and O–H groups in total. The van der Waals surface area contributed by atoms with Crippen LogP contribution in [-0.4, -0.2) is 30.1 Å². The van der Waals surface area contributed by atoms with E-state index >= 15 is 0 Å². The first-order valence-electron chi connectivity index (χ1n) is 5.43. The Labute approximate surface area is 108 Å². The monoisotopic (exact) mass is 265 g/mol. The number of rotatable bonds is 4. The third-order valence-electron chi connectivity index (χ3n) is 2.74. The molecule has 0 bridgehead atoms. The van der Waals surface area contributed by atoms with Gasteiger partial charge in [-0.1, -0.05) is 12.2 Å². The Morgan fingerprint density at radius 1 is 1.58 bits per heavy atom. The fraction of sp³-hybridized carbons (Fsp3) is 0.250. The van der Waals surface area contributed by atoms with E-state index in [1.165, 1.54) is 30.7 Å². The summed E-state index contributed by atoms with van der Waals surface area (Å²) in [6.45, 7) is -0.407. The Morgan fingerprint density at radius 3 is 2.89 bits per heavy atom. The second-order valence-corrected chi connectivity index (χ2v) is 4.09. The summed E-state index contributed by atoms with van der Waals surface area (Å²) in [5.41, 5.74) is -1.19. The number of nitro benzene ring substituents is 1. The third kappa shape index (κ3) is 2.76. The zero-order valence-electron chi connectivity index (χ0n) is 9.78. The molecule has 0 saturated heterocycles. The standard InChI is InChI=1S/C12H10FN2O4/c13-11-5-10(15(17)18)2-1-9(11)3-4-12(6-16)7-19-8-14-12/h1-5,8H,6-7H2/b4-3+. The largest absolute Gasteiger partial charge is 0.480 e. The zero-order valence-corrected chi connectivity index (χ0v) is 9.78. The SMILES string of the molecule is [O]CC1(/C=C/c2ccc([N+](=O)[O-])cc2F)COC=N1. The maximum Gasteiger partial charge on any atom is 0.272 e. The number of hydrogen-bond donors (Lipinski definition) is 0. The minimum absolute atomic E-state index is 0.113. The van der Waals surface area contributed by atoms with Gasteiger partial charge in [0, 0.05) is 11.6 Å². The number of ether oxygens (including phenoxy) is 1. The molecule has 19 heavy (non-hydrogen) atoms. The summed E-state index contributed by atoms with van der Waals surface area (Å²) in [5, 5.41) is 21.5. The Balaban J connectivity index is 2.24. The number of benzene rings is 1. The smallest absolute Gasteiger partial charge is 0.272 e. The molecular formula is C12H10FN2O4. The Morgan fingerprint density at radius 2 is 2.37 bits per heavy atom. The van der Waals surface area contributed by atoms with E-state index in [1.807, 2.05) is 0 Å². The molecule has 0 aliphatic carbocycles. The molecule has 0 saturated carbocycles. The van der Waals surface area contributed by atoms with Crippen LogP contribution in [-0.2, 0) is 9.84 Å². The van der Waals surface area contributed by atoms with Crippen molar-refractivity contribution in [2.24, 2.45) is 4.99 Å². The average molecular weight is 265 g/mol. The van der Waals surface area contributed by atoms with Gasteiger partial charge in [0.15, 0.2) is 6.40 Å². The minimum Gasteiger partial charge on any atom is -0.480 e. The second kappa shape index (κ2) is 5.15. The van der Waals surface area contributed by atoms with E-state index in [-0.39, 0.29) is 17.9 Å². The highest BCUT2D eigenvalue weighted by Crippen LogP contribution is 2.22. The quantitative estimate of drug-likeness (QED) is 0.616. The van der Waals surface area contributed by atoms with Gasteiger partial charge in [-0.2, -0.15) is 0 Å². The van der Waals surface area contributed by atoms with Gasteiger partial charge in [-0.15, -0.1) is 0 Å². The van der Waals surface area contributed by atoms with E-state index < -0.39 is 22.9 Å². The van der Waals surface area contributed by atoms with Crippen LogP contribution in [0.3, 0.4) is 0 Å². The van der Waals surface area contributed by atoms with Gasteiger partial charge in [-0.25, -0.2) is 14.5 Å². The van der Waals surface area contributed by atoms with Crippen LogP contribution in [0.1, 0.15) is 5.56 Å². The molecule has 0 spiro atoms. The molecule has 6 nitrogen and oxygen atoms in total. The molecule has 1 aliphatic rings. The van der Waals surface area contributed by atoms with Crippen molar-refractivity contribution in [1.29, 1.82) is 0 Å². The van der Waals surface area contributed by atoms with E-state index in [1.54, 1.807) is 0 Å². The van der Waals surface area contributed by atoms with Crippen molar-refractivity contribution < 1.29 is 19.2 Å². The van der Waals surface area contributed by atoms with Crippen LogP contribution < -0.4 is 0 Å². The number of nitro groups is 1. The lowest BCUT2D eigenvalue weighted by Gasteiger charge is -2.14. The van der Waals surface area contributed by atoms with Crippen molar-refractivity contribution in [3.63, 3.8) is 0 Å². The summed E-state index contributed by atoms with van der Waals surface area (Å²) < 4.78 is 18.5. The van der Waals surface area contributed by atoms with Crippen molar-refractivity contribution in [2.75, 3.05) is 13.2 Å². The van der Waals surface area contributed by atoms with E-state index in [9.17, 15) is 19.6 Å². The lowest BCUT2D eigenvalue weighted by atomic mass is 10.0. The third-order valence-corrected chi connectivity index (χ3v) is 2.74. The number of non-ortho nitro benzene ring substituents is 1. The first-order chi connectivity index (χ1) is 9.06. The summed E-state index contributed by atoms with van der Waals surface area (Å²) in [7, 11) is 0. The van der Waals surface area contributed by atoms with Crippen LogP contribution in [0.2, 0.25) is 0 Å². The van der Waals surface area contributed by atoms with Crippen LogP contribution in [0.15, 0.2) is 29.3 Å². The molecule has 7 heteroatoms. The van der Waals surface area contributed by atoms with Crippen LogP contribution in [0.5, 0.6) is 0 Å². The maximum absolute atomic E-state index is 13.6. The van der Waals surface area contributed by atoms with Gasteiger partial charge in [0.1, 0.15) is 24.6 Å². The van der Waals surface area contributed by atoms with E-state index in [0.29, 0.717) is 0 Å². The van der Waals surface area contributed by atoms with E-state index in [0.717, 1.165) is 6.07 Å². The Bertz CT molecular complexity index is 559. The highest BCUT2D eigenvalue weighted by atomic mass is 19.1. The van der Waals surface area contributed by atoms with Crippen molar-refractivity contribution in [3.8, 4) is 0 Å². The molecule has 0 aromatic heterocycles. The lowest BCUT2D eigenvalue weighted by molar-refractivity contribution is -0.385. The molecule has 1 unspecified atom stereocenters. The molecule has 2 rings (SSSR count). The first kappa shape index (κ1) is 13.2. The van der Waals surface area contributed by atoms with Crippen molar-refractivity contribution in [2.45, 2.75) is 5.54 Å². The predicted molar refractivity (Wildman–Crippen MR) is 64.8 cm³/mol. The highest BCUT2D eigenvalue weighted by molar-refractivity contribution is 5.57. The van der Waals surface area contributed by atoms with Gasteiger partial charge in [0.2, 0.25) is 0 Å². The number of aliphatic imine (C=N–C) groups is 1. The average Bonchev–Trinajstić information content (AvgIpc) is 2.86. The lowest BCUT2D eigenvalue weighted by Crippen LogP contribution is -2.29.